The number of rotatable bonds is 4. The fourth-order valence-corrected chi connectivity index (χ4v) is 1.55. The van der Waals surface area contributed by atoms with Crippen LogP contribution in [-0.2, 0) is 0 Å². The zero-order valence-electron chi connectivity index (χ0n) is 10.1. The van der Waals surface area contributed by atoms with E-state index in [0.29, 0.717) is 0 Å². The normalized spacial score (nSPS) is 8.94. The lowest BCUT2D eigenvalue weighted by molar-refractivity contribution is 0.852. The Morgan fingerprint density at radius 1 is 1.24 bits per heavy atom. The van der Waals surface area contributed by atoms with Crippen LogP contribution in [0.3, 0.4) is 0 Å². The van der Waals surface area contributed by atoms with Crippen molar-refractivity contribution in [2.45, 2.75) is 13.3 Å². The molecule has 0 saturated heterocycles. The second-order valence-electron chi connectivity index (χ2n) is 3.79. The first-order chi connectivity index (χ1) is 8.21. The van der Waals surface area contributed by atoms with Gasteiger partial charge in [-0.15, -0.1) is 0 Å². The van der Waals surface area contributed by atoms with Crippen molar-refractivity contribution in [3.63, 3.8) is 0 Å². The van der Waals surface area contributed by atoms with Crippen LogP contribution in [0.1, 0.15) is 18.9 Å². The standard InChI is InChI=1S/C14H15N3/c1-3-8-17(2)14-6-4-12(5-7-14)9-13(10-15)11-16/h4-7,9H,3,8H2,1-2H3. The molecule has 0 unspecified atom stereocenters. The summed E-state index contributed by atoms with van der Waals surface area (Å²) in [5.74, 6) is 0. The van der Waals surface area contributed by atoms with E-state index in [0.717, 1.165) is 24.2 Å². The van der Waals surface area contributed by atoms with Crippen molar-refractivity contribution < 1.29 is 0 Å². The highest BCUT2D eigenvalue weighted by Crippen LogP contribution is 2.15. The maximum absolute atomic E-state index is 8.65. The highest BCUT2D eigenvalue weighted by molar-refractivity contribution is 5.63. The number of hydrogen-bond acceptors (Lipinski definition) is 3. The first-order valence-electron chi connectivity index (χ1n) is 5.54. The summed E-state index contributed by atoms with van der Waals surface area (Å²) in [5.41, 5.74) is 2.14. The van der Waals surface area contributed by atoms with Gasteiger partial charge >= 0.3 is 0 Å². The van der Waals surface area contributed by atoms with Crippen LogP contribution in [0.2, 0.25) is 0 Å². The van der Waals surface area contributed by atoms with Gasteiger partial charge in [-0.25, -0.2) is 0 Å². The Kier molecular flexibility index (Phi) is 4.78. The van der Waals surface area contributed by atoms with Crippen molar-refractivity contribution in [3.05, 3.63) is 35.4 Å². The van der Waals surface area contributed by atoms with Gasteiger partial charge in [0, 0.05) is 19.3 Å². The van der Waals surface area contributed by atoms with Gasteiger partial charge in [0.05, 0.1) is 0 Å². The van der Waals surface area contributed by atoms with E-state index in [1.807, 2.05) is 43.5 Å². The van der Waals surface area contributed by atoms with E-state index < -0.39 is 0 Å². The summed E-state index contributed by atoms with van der Waals surface area (Å²) in [5, 5.41) is 17.3. The lowest BCUT2D eigenvalue weighted by Gasteiger charge is -2.18. The third kappa shape index (κ3) is 3.66. The van der Waals surface area contributed by atoms with Crippen molar-refractivity contribution in [2.75, 3.05) is 18.5 Å². The second-order valence-corrected chi connectivity index (χ2v) is 3.79. The van der Waals surface area contributed by atoms with E-state index >= 15 is 0 Å². The molecule has 1 rings (SSSR count). The molecule has 3 heteroatoms. The summed E-state index contributed by atoms with van der Waals surface area (Å²) < 4.78 is 0. The molecule has 17 heavy (non-hydrogen) atoms. The molecule has 1 aromatic carbocycles. The smallest absolute Gasteiger partial charge is 0.130 e. The van der Waals surface area contributed by atoms with Gasteiger partial charge in [-0.3, -0.25) is 0 Å². The average Bonchev–Trinajstić information content (AvgIpc) is 2.37. The molecule has 0 fully saturated rings. The SMILES string of the molecule is CCCN(C)c1ccc(C=C(C#N)C#N)cc1. The monoisotopic (exact) mass is 225 g/mol. The zero-order chi connectivity index (χ0) is 12.7. The van der Waals surface area contributed by atoms with Crippen molar-refractivity contribution in [1.82, 2.24) is 0 Å². The number of benzene rings is 1. The van der Waals surface area contributed by atoms with E-state index in [2.05, 4.69) is 11.8 Å². The van der Waals surface area contributed by atoms with Crippen LogP contribution in [0, 0.1) is 22.7 Å². The molecule has 0 aliphatic carbocycles. The Morgan fingerprint density at radius 3 is 2.29 bits per heavy atom. The van der Waals surface area contributed by atoms with E-state index in [1.165, 1.54) is 0 Å². The molecular weight excluding hydrogens is 210 g/mol. The van der Waals surface area contributed by atoms with Gasteiger partial charge in [-0.2, -0.15) is 10.5 Å². The molecule has 0 heterocycles. The molecule has 0 aromatic heterocycles. The van der Waals surface area contributed by atoms with E-state index in [-0.39, 0.29) is 5.57 Å². The van der Waals surface area contributed by atoms with Gasteiger partial charge in [-0.1, -0.05) is 19.1 Å². The summed E-state index contributed by atoms with van der Waals surface area (Å²) in [6.07, 6.45) is 2.69. The topological polar surface area (TPSA) is 50.8 Å². The van der Waals surface area contributed by atoms with Crippen LogP contribution < -0.4 is 4.90 Å². The van der Waals surface area contributed by atoms with Crippen LogP contribution in [-0.4, -0.2) is 13.6 Å². The highest BCUT2D eigenvalue weighted by atomic mass is 15.1. The Labute approximate surface area is 102 Å². The van der Waals surface area contributed by atoms with Gasteiger partial charge in [-0.05, 0) is 30.2 Å². The van der Waals surface area contributed by atoms with Gasteiger partial charge in [0.1, 0.15) is 17.7 Å². The van der Waals surface area contributed by atoms with Gasteiger partial charge < -0.3 is 4.90 Å². The quantitative estimate of drug-likeness (QED) is 0.740. The molecule has 1 aromatic rings. The molecule has 0 spiro atoms. The Bertz CT molecular complexity index is 456. The van der Waals surface area contributed by atoms with Crippen molar-refractivity contribution in [3.8, 4) is 12.1 Å². The molecular formula is C14H15N3. The lowest BCUT2D eigenvalue weighted by atomic mass is 10.1. The zero-order valence-corrected chi connectivity index (χ0v) is 10.1. The third-order valence-electron chi connectivity index (χ3n) is 2.44. The average molecular weight is 225 g/mol. The minimum Gasteiger partial charge on any atom is -0.375 e. The number of nitriles is 2. The van der Waals surface area contributed by atoms with Crippen LogP contribution in [0.4, 0.5) is 5.69 Å². The van der Waals surface area contributed by atoms with E-state index in [9.17, 15) is 0 Å². The molecule has 0 atom stereocenters. The summed E-state index contributed by atoms with van der Waals surface area (Å²) >= 11 is 0. The van der Waals surface area contributed by atoms with Crippen molar-refractivity contribution >= 4 is 11.8 Å². The van der Waals surface area contributed by atoms with Gasteiger partial charge in [0.15, 0.2) is 0 Å². The van der Waals surface area contributed by atoms with E-state index in [4.69, 9.17) is 10.5 Å². The molecule has 0 saturated carbocycles. The number of nitrogens with zero attached hydrogens (tertiary/aromatic N) is 3. The fourth-order valence-electron chi connectivity index (χ4n) is 1.55. The number of anilines is 1. The summed E-state index contributed by atoms with van der Waals surface area (Å²) in [6.45, 7) is 3.15. The fraction of sp³-hybridized carbons (Fsp3) is 0.286. The van der Waals surface area contributed by atoms with Gasteiger partial charge in [0.2, 0.25) is 0 Å². The highest BCUT2D eigenvalue weighted by Gasteiger charge is 1.99. The molecule has 86 valence electrons. The molecule has 0 aliphatic heterocycles. The predicted octanol–water partition coefficient (Wildman–Crippen LogP) is 2.96. The molecule has 0 aliphatic rings. The molecule has 0 amide bonds. The maximum Gasteiger partial charge on any atom is 0.130 e. The van der Waals surface area contributed by atoms with Crippen LogP contribution in [0.25, 0.3) is 6.08 Å². The Balaban J connectivity index is 2.86. The second kappa shape index (κ2) is 6.35. The third-order valence-corrected chi connectivity index (χ3v) is 2.44. The summed E-state index contributed by atoms with van der Waals surface area (Å²) in [4.78, 5) is 2.17. The summed E-state index contributed by atoms with van der Waals surface area (Å²) in [7, 11) is 2.05. The molecule has 3 nitrogen and oxygen atoms in total. The predicted molar refractivity (Wildman–Crippen MR) is 69.2 cm³/mol. The summed E-state index contributed by atoms with van der Waals surface area (Å²) in [6, 6.07) is 11.5. The Morgan fingerprint density at radius 2 is 1.82 bits per heavy atom. The molecule has 0 N–H and O–H groups in total. The lowest BCUT2D eigenvalue weighted by Crippen LogP contribution is -2.17. The van der Waals surface area contributed by atoms with Crippen molar-refractivity contribution in [2.24, 2.45) is 0 Å². The first-order valence-corrected chi connectivity index (χ1v) is 5.54. The van der Waals surface area contributed by atoms with Gasteiger partial charge in [0.25, 0.3) is 0 Å². The van der Waals surface area contributed by atoms with Crippen LogP contribution in [0.5, 0.6) is 0 Å². The molecule has 0 radical (unpaired) electrons. The molecule has 0 bridgehead atoms. The maximum atomic E-state index is 8.65. The number of allylic oxidation sites excluding steroid dienone is 1. The van der Waals surface area contributed by atoms with Crippen LogP contribution in [0.15, 0.2) is 29.8 Å². The Hall–Kier alpha value is -2.26. The minimum absolute atomic E-state index is 0.125. The number of hydrogen-bond donors (Lipinski definition) is 0. The first kappa shape index (κ1) is 12.8. The van der Waals surface area contributed by atoms with E-state index in [1.54, 1.807) is 6.08 Å². The van der Waals surface area contributed by atoms with Crippen LogP contribution >= 0.6 is 0 Å². The minimum atomic E-state index is 0.125. The largest absolute Gasteiger partial charge is 0.375 e. The van der Waals surface area contributed by atoms with Crippen molar-refractivity contribution in [1.29, 1.82) is 10.5 Å².